The summed E-state index contributed by atoms with van der Waals surface area (Å²) in [6.07, 6.45) is 0.596. The Hall–Kier alpha value is -4.37. The standard InChI is InChI=1S/C32H32F2N6O/c1-20-26(14-21-4-8-25(34)9-5-21)32(38-31(35-20)19-39(2)3)40-12-13-41-29-11-7-22(15-24(29)18-40)23-6-10-27-28(16-23)37-30(17-33)36-27/h4-11,15-16H,12-14,17-19H2,1-3H3,(H,36,37). The molecule has 5 aromatic rings. The molecule has 1 aliphatic heterocycles. The zero-order chi connectivity index (χ0) is 28.5. The van der Waals surface area contributed by atoms with Crippen LogP contribution in [0.3, 0.4) is 0 Å². The molecule has 7 nitrogen and oxygen atoms in total. The molecule has 0 amide bonds. The largest absolute Gasteiger partial charge is 0.491 e. The van der Waals surface area contributed by atoms with Crippen LogP contribution in [0.5, 0.6) is 5.75 Å². The van der Waals surface area contributed by atoms with Crippen LogP contribution < -0.4 is 9.64 Å². The number of hydrogen-bond acceptors (Lipinski definition) is 6. The normalized spacial score (nSPS) is 13.4. The number of nitrogens with zero attached hydrogens (tertiary/aromatic N) is 5. The number of halogens is 2. The maximum Gasteiger partial charge on any atom is 0.147 e. The minimum atomic E-state index is -0.627. The van der Waals surface area contributed by atoms with Gasteiger partial charge in [-0.1, -0.05) is 24.3 Å². The van der Waals surface area contributed by atoms with Crippen molar-refractivity contribution >= 4 is 16.9 Å². The van der Waals surface area contributed by atoms with Crippen molar-refractivity contribution in [2.75, 3.05) is 32.1 Å². The lowest BCUT2D eigenvalue weighted by atomic mass is 10.0. The van der Waals surface area contributed by atoms with Crippen molar-refractivity contribution in [2.24, 2.45) is 0 Å². The number of fused-ring (bicyclic) bond motifs is 2. The summed E-state index contributed by atoms with van der Waals surface area (Å²) in [6, 6.07) is 18.7. The maximum absolute atomic E-state index is 13.6. The number of aryl methyl sites for hydroxylation is 1. The highest BCUT2D eigenvalue weighted by molar-refractivity contribution is 5.82. The van der Waals surface area contributed by atoms with Gasteiger partial charge in [0.15, 0.2) is 0 Å². The van der Waals surface area contributed by atoms with Gasteiger partial charge in [-0.15, -0.1) is 0 Å². The van der Waals surface area contributed by atoms with E-state index in [1.807, 2.05) is 63.5 Å². The Labute approximate surface area is 237 Å². The topological polar surface area (TPSA) is 70.2 Å². The van der Waals surface area contributed by atoms with Crippen LogP contribution in [0.15, 0.2) is 60.7 Å². The van der Waals surface area contributed by atoms with E-state index >= 15 is 0 Å². The van der Waals surface area contributed by atoms with Gasteiger partial charge in [0.25, 0.3) is 0 Å². The van der Waals surface area contributed by atoms with Gasteiger partial charge in [0.05, 0.1) is 24.1 Å². The summed E-state index contributed by atoms with van der Waals surface area (Å²) >= 11 is 0. The lowest BCUT2D eigenvalue weighted by Gasteiger charge is -2.26. The van der Waals surface area contributed by atoms with Gasteiger partial charge in [0, 0.05) is 29.8 Å². The third kappa shape index (κ3) is 5.76. The molecule has 3 heterocycles. The quantitative estimate of drug-likeness (QED) is 0.267. The van der Waals surface area contributed by atoms with Crippen LogP contribution in [0.2, 0.25) is 0 Å². The molecule has 0 saturated heterocycles. The van der Waals surface area contributed by atoms with Gasteiger partial charge < -0.3 is 19.5 Å². The maximum atomic E-state index is 13.6. The second kappa shape index (κ2) is 11.2. The Morgan fingerprint density at radius 2 is 1.76 bits per heavy atom. The third-order valence-electron chi connectivity index (χ3n) is 7.32. The Balaban J connectivity index is 1.37. The van der Waals surface area contributed by atoms with Crippen molar-refractivity contribution in [1.29, 1.82) is 0 Å². The molecule has 1 aliphatic rings. The van der Waals surface area contributed by atoms with E-state index in [4.69, 9.17) is 14.7 Å². The van der Waals surface area contributed by atoms with E-state index in [-0.39, 0.29) is 5.82 Å². The third-order valence-corrected chi connectivity index (χ3v) is 7.32. The molecule has 210 valence electrons. The van der Waals surface area contributed by atoms with E-state index < -0.39 is 6.67 Å². The van der Waals surface area contributed by atoms with Crippen LogP contribution in [0.4, 0.5) is 14.6 Å². The van der Waals surface area contributed by atoms with Crippen molar-refractivity contribution in [3.8, 4) is 16.9 Å². The fourth-order valence-corrected chi connectivity index (χ4v) is 5.33. The summed E-state index contributed by atoms with van der Waals surface area (Å²) in [6.45, 7) is 3.79. The first-order valence-corrected chi connectivity index (χ1v) is 13.7. The highest BCUT2D eigenvalue weighted by Gasteiger charge is 2.23. The number of hydrogen-bond donors (Lipinski definition) is 1. The minimum absolute atomic E-state index is 0.255. The predicted octanol–water partition coefficient (Wildman–Crippen LogP) is 5.99. The van der Waals surface area contributed by atoms with Crippen LogP contribution in [0.25, 0.3) is 22.2 Å². The number of anilines is 1. The summed E-state index contributed by atoms with van der Waals surface area (Å²) in [7, 11) is 4.00. The van der Waals surface area contributed by atoms with Crippen molar-refractivity contribution in [2.45, 2.75) is 33.1 Å². The summed E-state index contributed by atoms with van der Waals surface area (Å²) in [5, 5.41) is 0. The first-order chi connectivity index (χ1) is 19.9. The van der Waals surface area contributed by atoms with Crippen LogP contribution in [0, 0.1) is 12.7 Å². The summed E-state index contributed by atoms with van der Waals surface area (Å²) in [4.78, 5) is 21.5. The molecule has 2 aromatic heterocycles. The van der Waals surface area contributed by atoms with Gasteiger partial charge in [-0.05, 0) is 74.1 Å². The molecule has 0 spiro atoms. The Morgan fingerprint density at radius 1 is 0.976 bits per heavy atom. The number of nitrogens with one attached hydrogen (secondary N) is 1. The number of aromatic amines is 1. The molecule has 0 fully saturated rings. The molecular formula is C32H32F2N6O. The number of imidazole rings is 1. The second-order valence-corrected chi connectivity index (χ2v) is 10.7. The molecule has 0 unspecified atom stereocenters. The number of alkyl halides is 1. The fraction of sp³-hybridized carbons (Fsp3) is 0.281. The second-order valence-electron chi connectivity index (χ2n) is 10.7. The first-order valence-electron chi connectivity index (χ1n) is 13.7. The van der Waals surface area contributed by atoms with Crippen molar-refractivity contribution < 1.29 is 13.5 Å². The molecular weight excluding hydrogens is 522 g/mol. The smallest absolute Gasteiger partial charge is 0.147 e. The number of ether oxygens (including phenoxy) is 1. The molecule has 0 atom stereocenters. The molecule has 41 heavy (non-hydrogen) atoms. The predicted molar refractivity (Wildman–Crippen MR) is 156 cm³/mol. The van der Waals surface area contributed by atoms with E-state index in [1.54, 1.807) is 0 Å². The van der Waals surface area contributed by atoms with E-state index in [0.717, 1.165) is 61.9 Å². The van der Waals surface area contributed by atoms with Crippen LogP contribution in [0.1, 0.15) is 34.0 Å². The van der Waals surface area contributed by atoms with Crippen molar-refractivity contribution in [3.05, 3.63) is 101 Å². The number of aromatic nitrogens is 4. The fourth-order valence-electron chi connectivity index (χ4n) is 5.33. The van der Waals surface area contributed by atoms with Gasteiger partial charge in [-0.25, -0.2) is 23.7 Å². The molecule has 0 bridgehead atoms. The van der Waals surface area contributed by atoms with E-state index in [2.05, 4.69) is 25.8 Å². The lowest BCUT2D eigenvalue weighted by molar-refractivity contribution is 0.331. The highest BCUT2D eigenvalue weighted by atomic mass is 19.1. The summed E-state index contributed by atoms with van der Waals surface area (Å²) in [5.74, 6) is 2.55. The molecule has 0 saturated carbocycles. The Bertz CT molecular complexity index is 1700. The average Bonchev–Trinajstić information content (AvgIpc) is 3.26. The van der Waals surface area contributed by atoms with Crippen molar-refractivity contribution in [3.63, 3.8) is 0 Å². The molecule has 6 rings (SSSR count). The molecule has 0 aliphatic carbocycles. The molecule has 0 radical (unpaired) electrons. The Morgan fingerprint density at radius 3 is 2.54 bits per heavy atom. The molecule has 9 heteroatoms. The highest BCUT2D eigenvalue weighted by Crippen LogP contribution is 2.33. The molecule has 1 N–H and O–H groups in total. The van der Waals surface area contributed by atoms with E-state index in [0.29, 0.717) is 38.5 Å². The van der Waals surface area contributed by atoms with Crippen LogP contribution in [-0.4, -0.2) is 52.1 Å². The summed E-state index contributed by atoms with van der Waals surface area (Å²) < 4.78 is 32.9. The van der Waals surface area contributed by atoms with Gasteiger partial charge >= 0.3 is 0 Å². The zero-order valence-electron chi connectivity index (χ0n) is 23.4. The van der Waals surface area contributed by atoms with Gasteiger partial charge in [0.2, 0.25) is 0 Å². The van der Waals surface area contributed by atoms with E-state index in [9.17, 15) is 8.78 Å². The van der Waals surface area contributed by atoms with Crippen molar-refractivity contribution in [1.82, 2.24) is 24.8 Å². The van der Waals surface area contributed by atoms with Gasteiger partial charge in [-0.3, -0.25) is 0 Å². The monoisotopic (exact) mass is 554 g/mol. The summed E-state index contributed by atoms with van der Waals surface area (Å²) in [5.41, 5.74) is 7.57. The minimum Gasteiger partial charge on any atom is -0.491 e. The van der Waals surface area contributed by atoms with Crippen LogP contribution in [-0.2, 0) is 26.2 Å². The number of benzene rings is 3. The first kappa shape index (κ1) is 26.8. The molecule has 3 aromatic carbocycles. The lowest BCUT2D eigenvalue weighted by Crippen LogP contribution is -2.29. The van der Waals surface area contributed by atoms with E-state index in [1.165, 1.54) is 12.1 Å². The number of rotatable bonds is 7. The number of H-pyrrole nitrogens is 1. The van der Waals surface area contributed by atoms with Crippen LogP contribution >= 0.6 is 0 Å². The average molecular weight is 555 g/mol. The zero-order valence-corrected chi connectivity index (χ0v) is 23.4. The Kier molecular flexibility index (Phi) is 7.36. The SMILES string of the molecule is Cc1nc(CN(C)C)nc(N2CCOc3ccc(-c4ccc5nc(CF)[nH]c5c4)cc3C2)c1Cc1ccc(F)cc1. The van der Waals surface area contributed by atoms with Gasteiger partial charge in [-0.2, -0.15) is 0 Å². The van der Waals surface area contributed by atoms with Gasteiger partial charge in [0.1, 0.15) is 42.3 Å².